The third kappa shape index (κ3) is 2.34. The van der Waals surface area contributed by atoms with E-state index in [0.29, 0.717) is 10.2 Å². The molecule has 0 aliphatic carbocycles. The van der Waals surface area contributed by atoms with Gasteiger partial charge < -0.3 is 10.8 Å². The summed E-state index contributed by atoms with van der Waals surface area (Å²) in [5.41, 5.74) is 8.91. The molecule has 7 heteroatoms. The Morgan fingerprint density at radius 2 is 2.12 bits per heavy atom. The van der Waals surface area contributed by atoms with Gasteiger partial charge in [-0.15, -0.1) is 22.7 Å². The Kier molecular flexibility index (Phi) is 3.51. The highest BCUT2D eigenvalue weighted by Gasteiger charge is 2.21. The van der Waals surface area contributed by atoms with E-state index in [4.69, 9.17) is 5.73 Å². The Morgan fingerprint density at radius 3 is 2.79 bits per heavy atom. The number of hydrogen-bond donors (Lipinski definition) is 2. The van der Waals surface area contributed by atoms with Crippen LogP contribution in [0.3, 0.4) is 0 Å². The van der Waals surface area contributed by atoms with Crippen LogP contribution in [-0.2, 0) is 0 Å². The number of nitrogen functional groups attached to an aromatic ring is 1. The van der Waals surface area contributed by atoms with Gasteiger partial charge in [-0.1, -0.05) is 6.07 Å². The van der Waals surface area contributed by atoms with Crippen LogP contribution in [0.1, 0.15) is 9.67 Å². The number of aromatic nitrogens is 2. The molecule has 4 rings (SSSR count). The lowest BCUT2D eigenvalue weighted by atomic mass is 10.1. The molecule has 0 saturated heterocycles. The Bertz CT molecular complexity index is 1040. The van der Waals surface area contributed by atoms with Crippen LogP contribution in [0.15, 0.2) is 48.1 Å². The van der Waals surface area contributed by atoms with Crippen LogP contribution >= 0.6 is 22.7 Å². The van der Waals surface area contributed by atoms with E-state index in [1.807, 2.05) is 35.7 Å². The number of rotatable bonds is 3. The van der Waals surface area contributed by atoms with E-state index in [2.05, 4.69) is 9.97 Å². The first kappa shape index (κ1) is 14.8. The van der Waals surface area contributed by atoms with E-state index < -0.39 is 5.97 Å². The Balaban J connectivity index is 2.07. The van der Waals surface area contributed by atoms with Crippen LogP contribution in [0.5, 0.6) is 0 Å². The molecule has 0 radical (unpaired) electrons. The summed E-state index contributed by atoms with van der Waals surface area (Å²) in [4.78, 5) is 22.0. The second-order valence-corrected chi connectivity index (χ2v) is 7.05. The van der Waals surface area contributed by atoms with Gasteiger partial charge in [0.2, 0.25) is 0 Å². The highest BCUT2D eigenvalue weighted by atomic mass is 32.1. The van der Waals surface area contributed by atoms with Crippen LogP contribution in [0.2, 0.25) is 0 Å². The van der Waals surface area contributed by atoms with Gasteiger partial charge in [-0.3, -0.25) is 4.98 Å². The quantitative estimate of drug-likeness (QED) is 0.571. The zero-order chi connectivity index (χ0) is 16.7. The van der Waals surface area contributed by atoms with Crippen LogP contribution in [0.25, 0.3) is 31.9 Å². The van der Waals surface area contributed by atoms with Gasteiger partial charge in [-0.2, -0.15) is 0 Å². The first-order valence-corrected chi connectivity index (χ1v) is 8.75. The maximum atomic E-state index is 11.4. The van der Waals surface area contributed by atoms with E-state index in [1.165, 1.54) is 0 Å². The number of thiophene rings is 2. The summed E-state index contributed by atoms with van der Waals surface area (Å²) < 4.78 is 0. The second-order valence-electron chi connectivity index (χ2n) is 5.10. The van der Waals surface area contributed by atoms with E-state index in [1.54, 1.807) is 23.7 Å². The third-order valence-corrected chi connectivity index (χ3v) is 5.63. The predicted molar refractivity (Wildman–Crippen MR) is 97.5 cm³/mol. The Hall–Kier alpha value is -2.77. The van der Waals surface area contributed by atoms with Crippen molar-refractivity contribution in [2.45, 2.75) is 0 Å². The van der Waals surface area contributed by atoms with Crippen molar-refractivity contribution in [3.05, 3.63) is 53.0 Å². The molecule has 0 aromatic carbocycles. The fourth-order valence-corrected chi connectivity index (χ4v) is 4.28. The van der Waals surface area contributed by atoms with E-state index >= 15 is 0 Å². The van der Waals surface area contributed by atoms with Crippen molar-refractivity contribution in [3.63, 3.8) is 0 Å². The summed E-state index contributed by atoms with van der Waals surface area (Å²) in [6, 6.07) is 9.66. The summed E-state index contributed by atoms with van der Waals surface area (Å²) in [7, 11) is 0. The van der Waals surface area contributed by atoms with Crippen molar-refractivity contribution in [1.29, 1.82) is 0 Å². The minimum atomic E-state index is -1.03. The SMILES string of the molecule is Nc1c(C(=O)O)sc2nc(-c3cccnc3)cc(-c3cccs3)c12. The number of carboxylic acids is 1. The molecule has 118 valence electrons. The minimum absolute atomic E-state index is 0.124. The fraction of sp³-hybridized carbons (Fsp3) is 0. The molecule has 0 spiro atoms. The normalized spacial score (nSPS) is 11.0. The maximum Gasteiger partial charge on any atom is 0.348 e. The van der Waals surface area contributed by atoms with Crippen molar-refractivity contribution in [2.75, 3.05) is 5.73 Å². The number of carboxylic acid groups (broad SMARTS) is 1. The molecule has 0 bridgehead atoms. The number of aromatic carboxylic acids is 1. The van der Waals surface area contributed by atoms with Crippen molar-refractivity contribution in [2.24, 2.45) is 0 Å². The molecule has 4 aromatic rings. The van der Waals surface area contributed by atoms with Crippen LogP contribution < -0.4 is 5.73 Å². The topological polar surface area (TPSA) is 89.1 Å². The molecule has 4 heterocycles. The zero-order valence-corrected chi connectivity index (χ0v) is 13.9. The molecule has 5 nitrogen and oxygen atoms in total. The smallest absolute Gasteiger partial charge is 0.348 e. The average molecular weight is 353 g/mol. The summed E-state index contributed by atoms with van der Waals surface area (Å²) >= 11 is 2.68. The molecule has 4 aromatic heterocycles. The number of carbonyl (C=O) groups is 1. The highest BCUT2D eigenvalue weighted by molar-refractivity contribution is 7.21. The monoisotopic (exact) mass is 353 g/mol. The van der Waals surface area contributed by atoms with Gasteiger partial charge in [0.15, 0.2) is 0 Å². The first-order valence-electron chi connectivity index (χ1n) is 7.05. The summed E-state index contributed by atoms with van der Waals surface area (Å²) in [5, 5.41) is 12.0. The summed E-state index contributed by atoms with van der Waals surface area (Å²) in [6.07, 6.45) is 3.44. The molecule has 0 unspecified atom stereocenters. The lowest BCUT2D eigenvalue weighted by Crippen LogP contribution is -1.97. The molecule has 0 aliphatic heterocycles. The molecular weight excluding hydrogens is 342 g/mol. The Morgan fingerprint density at radius 1 is 1.25 bits per heavy atom. The molecular formula is C17H11N3O2S2. The van der Waals surface area contributed by atoms with Crippen LogP contribution in [-0.4, -0.2) is 21.0 Å². The number of pyridine rings is 2. The third-order valence-electron chi connectivity index (χ3n) is 3.64. The van der Waals surface area contributed by atoms with Gasteiger partial charge in [0.1, 0.15) is 9.71 Å². The number of hydrogen-bond acceptors (Lipinski definition) is 6. The molecule has 3 N–H and O–H groups in total. The lowest BCUT2D eigenvalue weighted by Gasteiger charge is -2.06. The maximum absolute atomic E-state index is 11.4. The molecule has 0 fully saturated rings. The molecule has 0 saturated carbocycles. The van der Waals surface area contributed by atoms with Gasteiger partial charge in [0.25, 0.3) is 0 Å². The van der Waals surface area contributed by atoms with Gasteiger partial charge >= 0.3 is 5.97 Å². The van der Waals surface area contributed by atoms with Gasteiger partial charge in [0, 0.05) is 33.8 Å². The number of anilines is 1. The fourth-order valence-electron chi connectivity index (χ4n) is 2.57. The van der Waals surface area contributed by atoms with Crippen molar-refractivity contribution < 1.29 is 9.90 Å². The molecule has 0 amide bonds. The van der Waals surface area contributed by atoms with E-state index in [-0.39, 0.29) is 10.6 Å². The number of fused-ring (bicyclic) bond motifs is 1. The van der Waals surface area contributed by atoms with E-state index in [0.717, 1.165) is 33.0 Å². The van der Waals surface area contributed by atoms with Crippen LogP contribution in [0, 0.1) is 0 Å². The standard InChI is InChI=1S/C17H11N3O2S2/c18-14-13-10(12-4-2-6-23-12)7-11(9-3-1-5-19-8-9)20-16(13)24-15(14)17(21)22/h1-8H,18H2,(H,21,22). The second kappa shape index (κ2) is 5.70. The molecule has 0 aliphatic rings. The predicted octanol–water partition coefficient (Wildman–Crippen LogP) is 4.37. The van der Waals surface area contributed by atoms with E-state index in [9.17, 15) is 9.90 Å². The number of nitrogens with zero attached hydrogens (tertiary/aromatic N) is 2. The van der Waals surface area contributed by atoms with Crippen LogP contribution in [0.4, 0.5) is 5.69 Å². The number of nitrogens with two attached hydrogens (primary N) is 1. The summed E-state index contributed by atoms with van der Waals surface area (Å²) in [5.74, 6) is -1.03. The average Bonchev–Trinajstić information content (AvgIpc) is 3.23. The zero-order valence-electron chi connectivity index (χ0n) is 12.3. The lowest BCUT2D eigenvalue weighted by molar-refractivity contribution is 0.0703. The first-order chi connectivity index (χ1) is 11.6. The largest absolute Gasteiger partial charge is 0.477 e. The van der Waals surface area contributed by atoms with Gasteiger partial charge in [-0.25, -0.2) is 9.78 Å². The van der Waals surface area contributed by atoms with Gasteiger partial charge in [-0.05, 0) is 29.6 Å². The van der Waals surface area contributed by atoms with Crippen molar-refractivity contribution in [1.82, 2.24) is 9.97 Å². The Labute approximate surface area is 145 Å². The van der Waals surface area contributed by atoms with Crippen molar-refractivity contribution >= 4 is 44.5 Å². The molecule has 0 atom stereocenters. The van der Waals surface area contributed by atoms with Crippen molar-refractivity contribution in [3.8, 4) is 21.7 Å². The molecule has 24 heavy (non-hydrogen) atoms. The minimum Gasteiger partial charge on any atom is -0.477 e. The summed E-state index contributed by atoms with van der Waals surface area (Å²) in [6.45, 7) is 0. The van der Waals surface area contributed by atoms with Gasteiger partial charge in [0.05, 0.1) is 11.4 Å². The highest BCUT2D eigenvalue weighted by Crippen LogP contribution is 2.42.